The van der Waals surface area contributed by atoms with Gasteiger partial charge in [0.05, 0.1) is 5.60 Å². The number of rotatable bonds is 8. The highest BCUT2D eigenvalue weighted by atomic mass is 16.5. The van der Waals surface area contributed by atoms with Crippen LogP contribution in [0, 0.1) is 0 Å². The summed E-state index contributed by atoms with van der Waals surface area (Å²) in [5.74, 6) is 0. The Hall–Kier alpha value is -0.340. The monoisotopic (exact) mass is 213 g/mol. The molecule has 0 amide bonds. The van der Waals surface area contributed by atoms with E-state index < -0.39 is 0 Å². The fraction of sp³-hybridized carbons (Fsp3) is 0.846. The summed E-state index contributed by atoms with van der Waals surface area (Å²) in [7, 11) is 0. The molecule has 2 heteroatoms. The van der Waals surface area contributed by atoms with E-state index in [2.05, 4.69) is 39.6 Å². The average molecular weight is 213 g/mol. The van der Waals surface area contributed by atoms with Crippen molar-refractivity contribution in [3.8, 4) is 0 Å². The van der Waals surface area contributed by atoms with Crippen LogP contribution in [0.15, 0.2) is 12.2 Å². The van der Waals surface area contributed by atoms with Crippen molar-refractivity contribution in [3.63, 3.8) is 0 Å². The predicted molar refractivity (Wildman–Crippen MR) is 67.2 cm³/mol. The van der Waals surface area contributed by atoms with E-state index in [4.69, 9.17) is 4.74 Å². The Kier molecular flexibility index (Phi) is 6.86. The summed E-state index contributed by atoms with van der Waals surface area (Å²) in [6.07, 6.45) is 2.16. The van der Waals surface area contributed by atoms with Crippen molar-refractivity contribution in [1.82, 2.24) is 5.32 Å². The van der Waals surface area contributed by atoms with Gasteiger partial charge in [-0.15, -0.1) is 6.58 Å². The van der Waals surface area contributed by atoms with E-state index in [0.717, 1.165) is 26.0 Å². The molecule has 1 atom stereocenters. The number of allylic oxidation sites excluding steroid dienone is 1. The zero-order chi connectivity index (χ0) is 11.9. The molecule has 0 aromatic rings. The SMILES string of the molecule is C=C(C)CCC(NCC)C(C)(C)OCC. The summed E-state index contributed by atoms with van der Waals surface area (Å²) >= 11 is 0. The van der Waals surface area contributed by atoms with E-state index in [0.29, 0.717) is 6.04 Å². The molecule has 0 fully saturated rings. The number of likely N-dealkylation sites (N-methyl/N-ethyl adjacent to an activating group) is 1. The van der Waals surface area contributed by atoms with Gasteiger partial charge >= 0.3 is 0 Å². The number of hydrogen-bond donors (Lipinski definition) is 1. The molecule has 0 aliphatic carbocycles. The predicted octanol–water partition coefficient (Wildman–Crippen LogP) is 3.14. The summed E-state index contributed by atoms with van der Waals surface area (Å²) in [4.78, 5) is 0. The average Bonchev–Trinajstić information content (AvgIpc) is 2.11. The standard InChI is InChI=1S/C13H27NO/c1-7-14-12(10-9-11(3)4)13(5,6)15-8-2/h12,14H,3,7-10H2,1-2,4-6H3. The lowest BCUT2D eigenvalue weighted by atomic mass is 9.93. The molecule has 0 aliphatic heterocycles. The van der Waals surface area contributed by atoms with E-state index in [1.807, 2.05) is 6.92 Å². The van der Waals surface area contributed by atoms with Gasteiger partial charge in [-0.3, -0.25) is 0 Å². The molecule has 2 nitrogen and oxygen atoms in total. The van der Waals surface area contributed by atoms with E-state index in [9.17, 15) is 0 Å². The van der Waals surface area contributed by atoms with Crippen LogP contribution in [-0.2, 0) is 4.74 Å². The first kappa shape index (κ1) is 14.7. The van der Waals surface area contributed by atoms with Crippen molar-refractivity contribution in [2.24, 2.45) is 0 Å². The Balaban J connectivity index is 4.28. The van der Waals surface area contributed by atoms with Gasteiger partial charge in [-0.25, -0.2) is 0 Å². The van der Waals surface area contributed by atoms with E-state index in [1.54, 1.807) is 0 Å². The molecule has 0 aliphatic rings. The Bertz CT molecular complexity index is 187. The van der Waals surface area contributed by atoms with Crippen molar-refractivity contribution in [1.29, 1.82) is 0 Å². The topological polar surface area (TPSA) is 21.3 Å². The second-order valence-electron chi connectivity index (χ2n) is 4.64. The second-order valence-corrected chi connectivity index (χ2v) is 4.64. The van der Waals surface area contributed by atoms with Gasteiger partial charge in [0, 0.05) is 12.6 Å². The summed E-state index contributed by atoms with van der Waals surface area (Å²) in [5, 5.41) is 3.50. The highest BCUT2D eigenvalue weighted by Crippen LogP contribution is 2.20. The van der Waals surface area contributed by atoms with E-state index in [-0.39, 0.29) is 5.60 Å². The Morgan fingerprint density at radius 1 is 1.40 bits per heavy atom. The highest BCUT2D eigenvalue weighted by Gasteiger charge is 2.28. The van der Waals surface area contributed by atoms with Gasteiger partial charge in [-0.1, -0.05) is 12.5 Å². The highest BCUT2D eigenvalue weighted by molar-refractivity contribution is 4.93. The third kappa shape index (κ3) is 5.95. The van der Waals surface area contributed by atoms with Gasteiger partial charge in [-0.05, 0) is 47.1 Å². The first-order valence-corrected chi connectivity index (χ1v) is 5.95. The Labute approximate surface area is 95.1 Å². The molecule has 0 saturated heterocycles. The minimum atomic E-state index is -0.0970. The first-order chi connectivity index (χ1) is 6.94. The molecule has 15 heavy (non-hydrogen) atoms. The molecule has 0 radical (unpaired) electrons. The van der Waals surface area contributed by atoms with Crippen LogP contribution in [0.5, 0.6) is 0 Å². The fourth-order valence-electron chi connectivity index (χ4n) is 1.81. The van der Waals surface area contributed by atoms with Crippen LogP contribution >= 0.6 is 0 Å². The Morgan fingerprint density at radius 3 is 2.40 bits per heavy atom. The van der Waals surface area contributed by atoms with Crippen LogP contribution in [0.2, 0.25) is 0 Å². The van der Waals surface area contributed by atoms with Crippen LogP contribution in [-0.4, -0.2) is 24.8 Å². The number of ether oxygens (including phenoxy) is 1. The zero-order valence-corrected chi connectivity index (χ0v) is 11.0. The van der Waals surface area contributed by atoms with Gasteiger partial charge < -0.3 is 10.1 Å². The van der Waals surface area contributed by atoms with Gasteiger partial charge in [0.25, 0.3) is 0 Å². The van der Waals surface area contributed by atoms with Gasteiger partial charge in [0.2, 0.25) is 0 Å². The fourth-order valence-corrected chi connectivity index (χ4v) is 1.81. The number of nitrogens with one attached hydrogen (secondary N) is 1. The molecular weight excluding hydrogens is 186 g/mol. The lowest BCUT2D eigenvalue weighted by Gasteiger charge is -2.35. The van der Waals surface area contributed by atoms with Gasteiger partial charge in [0.15, 0.2) is 0 Å². The molecule has 0 spiro atoms. The zero-order valence-electron chi connectivity index (χ0n) is 11.0. The minimum absolute atomic E-state index is 0.0970. The Morgan fingerprint density at radius 2 is 2.00 bits per heavy atom. The van der Waals surface area contributed by atoms with Gasteiger partial charge in [-0.2, -0.15) is 0 Å². The smallest absolute Gasteiger partial charge is 0.0778 e. The van der Waals surface area contributed by atoms with Crippen molar-refractivity contribution in [3.05, 3.63) is 12.2 Å². The van der Waals surface area contributed by atoms with Gasteiger partial charge in [0.1, 0.15) is 0 Å². The molecule has 0 aromatic carbocycles. The van der Waals surface area contributed by atoms with Crippen molar-refractivity contribution < 1.29 is 4.74 Å². The van der Waals surface area contributed by atoms with Crippen LogP contribution < -0.4 is 5.32 Å². The quantitative estimate of drug-likeness (QED) is 0.625. The van der Waals surface area contributed by atoms with Crippen LogP contribution in [0.3, 0.4) is 0 Å². The molecule has 1 N–H and O–H groups in total. The summed E-state index contributed by atoms with van der Waals surface area (Å²) < 4.78 is 5.78. The molecule has 0 saturated carbocycles. The maximum Gasteiger partial charge on any atom is 0.0778 e. The second kappa shape index (κ2) is 7.02. The van der Waals surface area contributed by atoms with Crippen LogP contribution in [0.25, 0.3) is 0 Å². The maximum absolute atomic E-state index is 5.78. The summed E-state index contributed by atoms with van der Waals surface area (Å²) in [6, 6.07) is 0.402. The minimum Gasteiger partial charge on any atom is -0.374 e. The van der Waals surface area contributed by atoms with Crippen molar-refractivity contribution in [2.45, 2.75) is 59.1 Å². The lowest BCUT2D eigenvalue weighted by molar-refractivity contribution is -0.0396. The number of hydrogen-bond acceptors (Lipinski definition) is 2. The third-order valence-electron chi connectivity index (χ3n) is 2.67. The molecule has 90 valence electrons. The normalized spacial score (nSPS) is 13.9. The third-order valence-corrected chi connectivity index (χ3v) is 2.67. The van der Waals surface area contributed by atoms with E-state index >= 15 is 0 Å². The molecule has 0 rings (SSSR count). The summed E-state index contributed by atoms with van der Waals surface area (Å²) in [5.41, 5.74) is 1.14. The van der Waals surface area contributed by atoms with Crippen LogP contribution in [0.1, 0.15) is 47.5 Å². The lowest BCUT2D eigenvalue weighted by Crippen LogP contribution is -2.48. The molecule has 0 heterocycles. The van der Waals surface area contributed by atoms with Crippen LogP contribution in [0.4, 0.5) is 0 Å². The molecular formula is C13H27NO. The largest absolute Gasteiger partial charge is 0.374 e. The molecule has 0 bridgehead atoms. The van der Waals surface area contributed by atoms with Crippen molar-refractivity contribution >= 4 is 0 Å². The van der Waals surface area contributed by atoms with Crippen molar-refractivity contribution in [2.75, 3.05) is 13.2 Å². The summed E-state index contributed by atoms with van der Waals surface area (Å²) in [6.45, 7) is 16.3. The molecule has 1 unspecified atom stereocenters. The molecule has 0 aromatic heterocycles. The maximum atomic E-state index is 5.78. The first-order valence-electron chi connectivity index (χ1n) is 5.95. The van der Waals surface area contributed by atoms with E-state index in [1.165, 1.54) is 5.57 Å².